The predicted octanol–water partition coefficient (Wildman–Crippen LogP) is 7.39. The molecule has 0 aliphatic carbocycles. The van der Waals surface area contributed by atoms with Crippen molar-refractivity contribution < 1.29 is 9.59 Å². The molecule has 0 heterocycles. The summed E-state index contributed by atoms with van der Waals surface area (Å²) in [7, 11) is 0. The predicted molar refractivity (Wildman–Crippen MR) is 126 cm³/mol. The minimum Gasteiger partial charge on any atom is -0.356 e. The molecule has 0 aromatic heterocycles. The van der Waals surface area contributed by atoms with E-state index in [1.165, 1.54) is 82.6 Å². The van der Waals surface area contributed by atoms with E-state index in [0.29, 0.717) is 18.8 Å². The minimum atomic E-state index is 0.0175. The lowest BCUT2D eigenvalue weighted by Gasteiger charge is -2.08. The van der Waals surface area contributed by atoms with Gasteiger partial charge in [-0.2, -0.15) is 0 Å². The van der Waals surface area contributed by atoms with Gasteiger partial charge in [0.1, 0.15) is 5.78 Å². The molecule has 0 aromatic rings. The Bertz CT molecular complexity index is 440. The average Bonchev–Trinajstić information content (AvgIpc) is 2.68. The van der Waals surface area contributed by atoms with Gasteiger partial charge in [-0.15, -0.1) is 0 Å². The van der Waals surface area contributed by atoms with E-state index >= 15 is 0 Å². The fourth-order valence-corrected chi connectivity index (χ4v) is 3.38. The summed E-state index contributed by atoms with van der Waals surface area (Å²) in [5.74, 6) is 0.862. The molecule has 1 N–H and O–H groups in total. The van der Waals surface area contributed by atoms with Crippen molar-refractivity contribution in [3.63, 3.8) is 0 Å². The van der Waals surface area contributed by atoms with E-state index in [-0.39, 0.29) is 17.6 Å². The Morgan fingerprint density at radius 3 is 1.52 bits per heavy atom. The second kappa shape index (κ2) is 18.9. The van der Waals surface area contributed by atoms with Crippen LogP contribution < -0.4 is 5.32 Å². The summed E-state index contributed by atoms with van der Waals surface area (Å²) in [5, 5.41) is 2.93. The number of carbonyl (C=O) groups excluding carboxylic acids is 2. The number of unbranched alkanes of at least 4 members (excludes halogenated alkanes) is 11. The molecule has 0 radical (unpaired) electrons. The zero-order valence-electron chi connectivity index (χ0n) is 20.0. The highest BCUT2D eigenvalue weighted by Gasteiger charge is 2.09. The quantitative estimate of drug-likeness (QED) is 0.169. The molecule has 0 atom stereocenters. The molecular weight excluding hydrogens is 358 g/mol. The van der Waals surface area contributed by atoms with Crippen LogP contribution in [0.1, 0.15) is 124 Å². The van der Waals surface area contributed by atoms with Gasteiger partial charge in [-0.3, -0.25) is 9.59 Å². The average molecular weight is 408 g/mol. The van der Waals surface area contributed by atoms with Crippen LogP contribution in [0.15, 0.2) is 12.2 Å². The molecule has 0 saturated carbocycles. The molecule has 0 aliphatic rings. The third-order valence-corrected chi connectivity index (χ3v) is 5.81. The largest absolute Gasteiger partial charge is 0.356 e. The molecule has 3 nitrogen and oxygen atoms in total. The number of hydrogen-bond acceptors (Lipinski definition) is 2. The van der Waals surface area contributed by atoms with Crippen molar-refractivity contribution in [2.24, 2.45) is 11.8 Å². The first-order valence-corrected chi connectivity index (χ1v) is 12.3. The van der Waals surface area contributed by atoms with Gasteiger partial charge < -0.3 is 5.32 Å². The van der Waals surface area contributed by atoms with E-state index in [2.05, 4.69) is 25.7 Å². The summed E-state index contributed by atoms with van der Waals surface area (Å²) in [6.07, 6.45) is 17.6. The third kappa shape index (κ3) is 18.6. The van der Waals surface area contributed by atoms with Crippen LogP contribution in [0.25, 0.3) is 0 Å². The molecule has 3 heteroatoms. The monoisotopic (exact) mass is 407 g/mol. The van der Waals surface area contributed by atoms with Gasteiger partial charge in [0, 0.05) is 25.3 Å². The molecule has 0 saturated heterocycles. The number of Topliss-reactive ketones (excluding diaryl/α,β-unsaturated/α-hetero) is 1. The fraction of sp³-hybridized carbons (Fsp3) is 0.846. The number of amides is 1. The molecule has 0 aromatic carbocycles. The number of nitrogens with one attached hydrogen (secondary N) is 1. The molecule has 1 amide bonds. The van der Waals surface area contributed by atoms with Gasteiger partial charge in [-0.25, -0.2) is 0 Å². The van der Waals surface area contributed by atoms with Crippen molar-refractivity contribution >= 4 is 11.7 Å². The van der Waals surface area contributed by atoms with Crippen molar-refractivity contribution in [1.82, 2.24) is 5.32 Å². The lowest BCUT2D eigenvalue weighted by Crippen LogP contribution is -2.25. The first kappa shape index (κ1) is 27.9. The topological polar surface area (TPSA) is 46.2 Å². The van der Waals surface area contributed by atoms with Crippen LogP contribution in [-0.4, -0.2) is 18.2 Å². The molecular formula is C26H49NO2. The lowest BCUT2D eigenvalue weighted by molar-refractivity contribution is -0.126. The Morgan fingerprint density at radius 1 is 0.621 bits per heavy atom. The zero-order valence-corrected chi connectivity index (χ0v) is 20.0. The van der Waals surface area contributed by atoms with Gasteiger partial charge in [0.05, 0.1) is 0 Å². The summed E-state index contributed by atoms with van der Waals surface area (Å²) in [5.41, 5.74) is 1.41. The standard InChI is InChI=1S/C26H49NO2/c1-22(2)24(5)18-16-14-12-10-8-6-7-9-11-13-15-17-21-27-26(29)20-19-25(28)23(3)4/h22-23H,5-21H2,1-4H3,(H,27,29). The number of hydrogen-bond donors (Lipinski definition) is 1. The molecule has 0 rings (SSSR count). The first-order valence-electron chi connectivity index (χ1n) is 12.3. The molecule has 170 valence electrons. The summed E-state index contributed by atoms with van der Waals surface area (Å²) in [6, 6.07) is 0. The van der Waals surface area contributed by atoms with Gasteiger partial charge in [0.25, 0.3) is 0 Å². The van der Waals surface area contributed by atoms with Crippen LogP contribution >= 0.6 is 0 Å². The van der Waals surface area contributed by atoms with Crippen molar-refractivity contribution in [1.29, 1.82) is 0 Å². The maximum Gasteiger partial charge on any atom is 0.220 e. The number of allylic oxidation sites excluding steroid dienone is 1. The minimum absolute atomic E-state index is 0.0175. The Hall–Kier alpha value is -1.12. The summed E-state index contributed by atoms with van der Waals surface area (Å²) in [6.45, 7) is 13.1. The van der Waals surface area contributed by atoms with Gasteiger partial charge in [0.15, 0.2) is 0 Å². The van der Waals surface area contributed by atoms with E-state index in [9.17, 15) is 9.59 Å². The highest BCUT2D eigenvalue weighted by molar-refractivity contribution is 5.85. The normalized spacial score (nSPS) is 11.2. The molecule has 29 heavy (non-hydrogen) atoms. The van der Waals surface area contributed by atoms with E-state index in [1.54, 1.807) is 0 Å². The Morgan fingerprint density at radius 2 is 1.07 bits per heavy atom. The molecule has 0 unspecified atom stereocenters. The molecule has 0 fully saturated rings. The smallest absolute Gasteiger partial charge is 0.220 e. The Labute approximate surface area is 181 Å². The van der Waals surface area contributed by atoms with Crippen molar-refractivity contribution in [2.75, 3.05) is 6.54 Å². The second-order valence-corrected chi connectivity index (χ2v) is 9.28. The summed E-state index contributed by atoms with van der Waals surface area (Å²) < 4.78 is 0. The molecule has 0 bridgehead atoms. The second-order valence-electron chi connectivity index (χ2n) is 9.28. The van der Waals surface area contributed by atoms with Crippen molar-refractivity contribution in [3.8, 4) is 0 Å². The van der Waals surface area contributed by atoms with Gasteiger partial charge >= 0.3 is 0 Å². The van der Waals surface area contributed by atoms with E-state index in [1.807, 2.05) is 13.8 Å². The third-order valence-electron chi connectivity index (χ3n) is 5.81. The summed E-state index contributed by atoms with van der Waals surface area (Å²) in [4.78, 5) is 23.2. The van der Waals surface area contributed by atoms with Gasteiger partial charge in [-0.05, 0) is 25.2 Å². The van der Waals surface area contributed by atoms with Crippen LogP contribution in [0.2, 0.25) is 0 Å². The zero-order chi connectivity index (χ0) is 21.9. The first-order chi connectivity index (χ1) is 13.8. The number of carbonyl (C=O) groups is 2. The van der Waals surface area contributed by atoms with Crippen molar-refractivity contribution in [3.05, 3.63) is 12.2 Å². The number of rotatable bonds is 20. The maximum atomic E-state index is 11.7. The van der Waals surface area contributed by atoms with E-state index in [0.717, 1.165) is 13.0 Å². The van der Waals surface area contributed by atoms with Gasteiger partial charge in [-0.1, -0.05) is 104 Å². The van der Waals surface area contributed by atoms with Crippen LogP contribution in [0.5, 0.6) is 0 Å². The SMILES string of the molecule is C=C(CCCCCCCCCCCCCCNC(=O)CCC(=O)C(C)C)C(C)C. The Kier molecular flexibility index (Phi) is 18.2. The lowest BCUT2D eigenvalue weighted by atomic mass is 9.98. The van der Waals surface area contributed by atoms with Crippen LogP contribution in [0, 0.1) is 11.8 Å². The maximum absolute atomic E-state index is 11.7. The molecule has 0 spiro atoms. The van der Waals surface area contributed by atoms with Crippen LogP contribution in [0.4, 0.5) is 0 Å². The highest BCUT2D eigenvalue weighted by atomic mass is 16.2. The highest BCUT2D eigenvalue weighted by Crippen LogP contribution is 2.17. The Balaban J connectivity index is 3.25. The molecule has 0 aliphatic heterocycles. The summed E-state index contributed by atoms with van der Waals surface area (Å²) >= 11 is 0. The van der Waals surface area contributed by atoms with Gasteiger partial charge in [0.2, 0.25) is 5.91 Å². The number of ketones is 1. The van der Waals surface area contributed by atoms with Crippen molar-refractivity contribution in [2.45, 2.75) is 124 Å². The van der Waals surface area contributed by atoms with E-state index in [4.69, 9.17) is 0 Å². The van der Waals surface area contributed by atoms with Crippen LogP contribution in [-0.2, 0) is 9.59 Å². The van der Waals surface area contributed by atoms with Crippen LogP contribution in [0.3, 0.4) is 0 Å². The van der Waals surface area contributed by atoms with E-state index < -0.39 is 0 Å². The fourth-order valence-electron chi connectivity index (χ4n) is 3.38.